The fourth-order valence-corrected chi connectivity index (χ4v) is 2.72. The largest absolute Gasteiger partial charge is 0.319 e. The monoisotopic (exact) mass is 304 g/mol. The van der Waals surface area contributed by atoms with Crippen LogP contribution in [0.2, 0.25) is 0 Å². The maximum Gasteiger partial charge on any atom is 0.244 e. The summed E-state index contributed by atoms with van der Waals surface area (Å²) in [6, 6.07) is 0.0845. The molecule has 1 saturated carbocycles. The van der Waals surface area contributed by atoms with E-state index in [4.69, 9.17) is 5.73 Å². The molecule has 0 spiro atoms. The Balaban J connectivity index is 2.28. The van der Waals surface area contributed by atoms with Crippen molar-refractivity contribution in [2.24, 2.45) is 11.7 Å². The zero-order valence-corrected chi connectivity index (χ0v) is 11.5. The van der Waals surface area contributed by atoms with Crippen LogP contribution in [0.5, 0.6) is 0 Å². The highest BCUT2D eigenvalue weighted by Gasteiger charge is 2.39. The summed E-state index contributed by atoms with van der Waals surface area (Å²) in [6.07, 6.45) is 2.31. The van der Waals surface area contributed by atoms with Gasteiger partial charge >= 0.3 is 0 Å². The summed E-state index contributed by atoms with van der Waals surface area (Å²) in [5.74, 6) is -7.09. The Morgan fingerprint density at radius 3 is 2.38 bits per heavy atom. The highest BCUT2D eigenvalue weighted by molar-refractivity contribution is 5.98. The van der Waals surface area contributed by atoms with Crippen molar-refractivity contribution < 1.29 is 22.4 Å². The number of nitrogens with two attached hydrogens (primary N) is 1. The van der Waals surface area contributed by atoms with Crippen LogP contribution < -0.4 is 11.1 Å². The highest BCUT2D eigenvalue weighted by atomic mass is 19.2. The van der Waals surface area contributed by atoms with E-state index in [0.29, 0.717) is 19.3 Å². The van der Waals surface area contributed by atoms with Crippen molar-refractivity contribution >= 4 is 11.6 Å². The van der Waals surface area contributed by atoms with Gasteiger partial charge in [0, 0.05) is 6.07 Å². The summed E-state index contributed by atoms with van der Waals surface area (Å²) in [7, 11) is 0. The summed E-state index contributed by atoms with van der Waals surface area (Å²) in [6.45, 7) is 1.91. The van der Waals surface area contributed by atoms with Crippen LogP contribution in [-0.4, -0.2) is 11.4 Å². The van der Waals surface area contributed by atoms with Crippen molar-refractivity contribution in [3.63, 3.8) is 0 Å². The van der Waals surface area contributed by atoms with Crippen LogP contribution >= 0.6 is 0 Å². The van der Waals surface area contributed by atoms with Gasteiger partial charge in [0.25, 0.3) is 0 Å². The van der Waals surface area contributed by atoms with Crippen molar-refractivity contribution in [3.8, 4) is 0 Å². The van der Waals surface area contributed by atoms with Crippen LogP contribution in [0.3, 0.4) is 0 Å². The third-order valence-electron chi connectivity index (χ3n) is 3.84. The molecule has 1 aliphatic carbocycles. The number of amides is 1. The van der Waals surface area contributed by atoms with Crippen LogP contribution in [0.25, 0.3) is 0 Å². The number of carbonyl (C=O) groups excluding carboxylic acids is 1. The summed E-state index contributed by atoms with van der Waals surface area (Å²) in [4.78, 5) is 12.1. The summed E-state index contributed by atoms with van der Waals surface area (Å²) >= 11 is 0. The van der Waals surface area contributed by atoms with Gasteiger partial charge in [0.2, 0.25) is 5.91 Å². The zero-order valence-electron chi connectivity index (χ0n) is 11.5. The summed E-state index contributed by atoms with van der Waals surface area (Å²) < 4.78 is 53.3. The van der Waals surface area contributed by atoms with Crippen molar-refractivity contribution in [1.82, 2.24) is 0 Å². The van der Waals surface area contributed by atoms with E-state index in [0.717, 1.165) is 6.42 Å². The molecule has 1 amide bonds. The molecule has 2 rings (SSSR count). The first-order valence-electron chi connectivity index (χ1n) is 6.68. The van der Waals surface area contributed by atoms with Crippen LogP contribution in [0.4, 0.5) is 23.2 Å². The minimum Gasteiger partial charge on any atom is -0.319 e. The van der Waals surface area contributed by atoms with E-state index in [2.05, 4.69) is 0 Å². The van der Waals surface area contributed by atoms with Crippen molar-refractivity contribution in [3.05, 3.63) is 29.3 Å². The van der Waals surface area contributed by atoms with Gasteiger partial charge in [-0.05, 0) is 18.8 Å². The fourth-order valence-electron chi connectivity index (χ4n) is 2.72. The van der Waals surface area contributed by atoms with Gasteiger partial charge in [-0.3, -0.25) is 4.79 Å². The second-order valence-electron chi connectivity index (χ2n) is 5.65. The molecule has 0 aromatic heterocycles. The van der Waals surface area contributed by atoms with E-state index < -0.39 is 40.4 Å². The first-order valence-corrected chi connectivity index (χ1v) is 6.68. The SMILES string of the molecule is CC1CCCC(N)(C(=O)Nc2c(F)c(F)cc(F)c2F)C1. The molecule has 0 saturated heterocycles. The molecule has 1 fully saturated rings. The number of carbonyl (C=O) groups is 1. The topological polar surface area (TPSA) is 55.1 Å². The van der Waals surface area contributed by atoms with Crippen molar-refractivity contribution in [2.45, 2.75) is 38.1 Å². The molecule has 2 atom stereocenters. The molecule has 1 aromatic rings. The van der Waals surface area contributed by atoms with Crippen molar-refractivity contribution in [1.29, 1.82) is 0 Å². The standard InChI is InChI=1S/C14H16F4N2O/c1-7-3-2-4-14(19,6-7)13(21)20-12-10(17)8(15)5-9(16)11(12)18/h5,7H,2-4,6,19H2,1H3,(H,20,21). The Bertz CT molecular complexity index is 552. The Labute approximate surface area is 119 Å². The van der Waals surface area contributed by atoms with Gasteiger partial charge in [-0.25, -0.2) is 17.6 Å². The Morgan fingerprint density at radius 1 is 1.29 bits per heavy atom. The minimum absolute atomic E-state index is 0.0845. The number of benzene rings is 1. The molecule has 21 heavy (non-hydrogen) atoms. The van der Waals surface area contributed by atoms with Gasteiger partial charge in [0.1, 0.15) is 5.69 Å². The predicted octanol–water partition coefficient (Wildman–Crippen LogP) is 3.09. The lowest BCUT2D eigenvalue weighted by atomic mass is 9.76. The molecule has 0 radical (unpaired) electrons. The molecular weight excluding hydrogens is 288 g/mol. The third kappa shape index (κ3) is 3.02. The number of nitrogens with one attached hydrogen (secondary N) is 1. The summed E-state index contributed by atoms with van der Waals surface area (Å²) in [5.41, 5.74) is 3.54. The van der Waals surface area contributed by atoms with Gasteiger partial charge < -0.3 is 11.1 Å². The first kappa shape index (κ1) is 15.8. The second-order valence-corrected chi connectivity index (χ2v) is 5.65. The molecule has 0 aliphatic heterocycles. The molecule has 0 heterocycles. The number of hydrogen-bond donors (Lipinski definition) is 2. The molecule has 1 aliphatic rings. The fraction of sp³-hybridized carbons (Fsp3) is 0.500. The minimum atomic E-state index is -1.64. The van der Waals surface area contributed by atoms with Gasteiger partial charge in [0.15, 0.2) is 23.3 Å². The van der Waals surface area contributed by atoms with Crippen molar-refractivity contribution in [2.75, 3.05) is 5.32 Å². The maximum absolute atomic E-state index is 13.5. The van der Waals surface area contributed by atoms with Gasteiger partial charge in [0.05, 0.1) is 5.54 Å². The molecule has 0 bridgehead atoms. The molecular formula is C14H16F4N2O. The lowest BCUT2D eigenvalue weighted by Crippen LogP contribution is -2.54. The van der Waals surface area contributed by atoms with E-state index in [1.807, 2.05) is 12.2 Å². The normalized spacial score (nSPS) is 25.7. The smallest absolute Gasteiger partial charge is 0.244 e. The van der Waals surface area contributed by atoms with Crippen LogP contribution in [0.1, 0.15) is 32.6 Å². The average Bonchev–Trinajstić information content (AvgIpc) is 2.41. The Kier molecular flexibility index (Phi) is 4.22. The van der Waals surface area contributed by atoms with Gasteiger partial charge in [-0.1, -0.05) is 19.8 Å². The zero-order chi connectivity index (χ0) is 15.8. The number of hydrogen-bond acceptors (Lipinski definition) is 2. The molecule has 1 aromatic carbocycles. The number of halogens is 4. The number of rotatable bonds is 2. The lowest BCUT2D eigenvalue weighted by molar-refractivity contribution is -0.122. The quantitative estimate of drug-likeness (QED) is 0.651. The lowest BCUT2D eigenvalue weighted by Gasteiger charge is -2.35. The van der Waals surface area contributed by atoms with Crippen LogP contribution in [-0.2, 0) is 4.79 Å². The molecule has 3 nitrogen and oxygen atoms in total. The predicted molar refractivity (Wildman–Crippen MR) is 69.5 cm³/mol. The van der Waals surface area contributed by atoms with E-state index in [1.165, 1.54) is 0 Å². The number of anilines is 1. The Hall–Kier alpha value is -1.63. The molecule has 3 N–H and O–H groups in total. The molecule has 116 valence electrons. The first-order chi connectivity index (χ1) is 9.74. The van der Waals surface area contributed by atoms with E-state index in [9.17, 15) is 22.4 Å². The van der Waals surface area contributed by atoms with Crippen LogP contribution in [0.15, 0.2) is 6.07 Å². The highest BCUT2D eigenvalue weighted by Crippen LogP contribution is 2.32. The van der Waals surface area contributed by atoms with E-state index in [1.54, 1.807) is 0 Å². The Morgan fingerprint density at radius 2 is 1.86 bits per heavy atom. The van der Waals surface area contributed by atoms with Crippen LogP contribution in [0, 0.1) is 29.2 Å². The second kappa shape index (κ2) is 5.63. The average molecular weight is 304 g/mol. The maximum atomic E-state index is 13.5. The molecule has 7 heteroatoms. The third-order valence-corrected chi connectivity index (χ3v) is 3.84. The van der Waals surface area contributed by atoms with Gasteiger partial charge in [-0.15, -0.1) is 0 Å². The van der Waals surface area contributed by atoms with E-state index >= 15 is 0 Å². The van der Waals surface area contributed by atoms with E-state index in [-0.39, 0.29) is 12.0 Å². The van der Waals surface area contributed by atoms with Gasteiger partial charge in [-0.2, -0.15) is 0 Å². The summed E-state index contributed by atoms with van der Waals surface area (Å²) in [5, 5.41) is 1.90. The molecule has 2 unspecified atom stereocenters.